The molecule has 1 aromatic carbocycles. The fraction of sp³-hybridized carbons (Fsp3) is 0.200. The van der Waals surface area contributed by atoms with Crippen molar-refractivity contribution in [2.24, 2.45) is 0 Å². The quantitative estimate of drug-likeness (QED) is 0.728. The predicted molar refractivity (Wildman–Crippen MR) is 53.6 cm³/mol. The molecule has 0 fully saturated rings. The van der Waals surface area contributed by atoms with Crippen molar-refractivity contribution in [1.82, 2.24) is 20.2 Å². The van der Waals surface area contributed by atoms with Crippen molar-refractivity contribution in [3.05, 3.63) is 29.8 Å². The first-order valence-corrected chi connectivity index (χ1v) is 4.51. The first-order valence-electron chi connectivity index (χ1n) is 4.51. The summed E-state index contributed by atoms with van der Waals surface area (Å²) in [6.07, 6.45) is 0. The van der Waals surface area contributed by atoms with Gasteiger partial charge in [-0.15, -0.1) is 15.0 Å². The van der Waals surface area contributed by atoms with Crippen molar-refractivity contribution >= 4 is 0 Å². The summed E-state index contributed by atoms with van der Waals surface area (Å²) in [6, 6.07) is 9.80. The van der Waals surface area contributed by atoms with E-state index in [-0.39, 0.29) is 6.54 Å². The lowest BCUT2D eigenvalue weighted by Gasteiger charge is -1.94. The van der Waals surface area contributed by atoms with Crippen LogP contribution >= 0.6 is 0 Å². The number of aromatic nitrogens is 4. The van der Waals surface area contributed by atoms with Gasteiger partial charge < -0.3 is 0 Å². The Morgan fingerprint density at radius 3 is 2.73 bits per heavy atom. The summed E-state index contributed by atoms with van der Waals surface area (Å²) in [6.45, 7) is 2.14. The SMILES string of the molecule is Cc1ccc(-c2nnn(CC#N)n2)cc1. The summed E-state index contributed by atoms with van der Waals surface area (Å²) in [4.78, 5) is 1.27. The number of nitriles is 1. The summed E-state index contributed by atoms with van der Waals surface area (Å²) >= 11 is 0. The number of aryl methyl sites for hydroxylation is 1. The Bertz CT molecular complexity index is 491. The Hall–Kier alpha value is -2.22. The minimum atomic E-state index is 0.124. The third kappa shape index (κ3) is 1.99. The highest BCUT2D eigenvalue weighted by Crippen LogP contribution is 2.13. The van der Waals surface area contributed by atoms with Gasteiger partial charge in [-0.2, -0.15) is 5.26 Å². The molecule has 74 valence electrons. The van der Waals surface area contributed by atoms with Gasteiger partial charge >= 0.3 is 0 Å². The Kier molecular flexibility index (Phi) is 2.42. The van der Waals surface area contributed by atoms with Gasteiger partial charge in [0.05, 0.1) is 6.07 Å². The van der Waals surface area contributed by atoms with Gasteiger partial charge in [-0.3, -0.25) is 0 Å². The second kappa shape index (κ2) is 3.88. The highest BCUT2D eigenvalue weighted by molar-refractivity contribution is 5.53. The number of rotatable bonds is 2. The molecule has 2 rings (SSSR count). The molecule has 0 aliphatic carbocycles. The molecule has 0 aliphatic rings. The maximum absolute atomic E-state index is 8.46. The van der Waals surface area contributed by atoms with E-state index in [4.69, 9.17) is 5.26 Å². The standard InChI is InChI=1S/C10H9N5/c1-8-2-4-9(5-3-8)10-12-14-15(13-10)7-6-11/h2-5H,7H2,1H3. The Morgan fingerprint density at radius 2 is 2.07 bits per heavy atom. The minimum absolute atomic E-state index is 0.124. The van der Waals surface area contributed by atoms with E-state index in [0.29, 0.717) is 5.82 Å². The molecule has 0 saturated carbocycles. The zero-order valence-electron chi connectivity index (χ0n) is 8.25. The van der Waals surface area contributed by atoms with Crippen molar-refractivity contribution in [3.8, 4) is 17.5 Å². The van der Waals surface area contributed by atoms with Crippen LogP contribution in [0.25, 0.3) is 11.4 Å². The van der Waals surface area contributed by atoms with E-state index in [1.54, 1.807) is 0 Å². The molecule has 0 spiro atoms. The van der Waals surface area contributed by atoms with Gasteiger partial charge in [-0.25, -0.2) is 0 Å². The van der Waals surface area contributed by atoms with Crippen LogP contribution in [-0.4, -0.2) is 20.2 Å². The summed E-state index contributed by atoms with van der Waals surface area (Å²) in [5.41, 5.74) is 2.09. The highest BCUT2D eigenvalue weighted by Gasteiger charge is 2.04. The van der Waals surface area contributed by atoms with E-state index < -0.39 is 0 Å². The van der Waals surface area contributed by atoms with E-state index in [0.717, 1.165) is 5.56 Å². The molecule has 0 saturated heterocycles. The van der Waals surface area contributed by atoms with Crippen molar-refractivity contribution in [3.63, 3.8) is 0 Å². The average Bonchev–Trinajstić information content (AvgIpc) is 2.68. The Balaban J connectivity index is 2.30. The zero-order chi connectivity index (χ0) is 10.7. The van der Waals surface area contributed by atoms with E-state index in [9.17, 15) is 0 Å². The Morgan fingerprint density at radius 1 is 1.33 bits per heavy atom. The number of tetrazole rings is 1. The van der Waals surface area contributed by atoms with Gasteiger partial charge in [0, 0.05) is 5.56 Å². The first-order chi connectivity index (χ1) is 7.29. The van der Waals surface area contributed by atoms with Crippen LogP contribution in [0, 0.1) is 18.3 Å². The molecule has 5 heteroatoms. The molecule has 0 bridgehead atoms. The van der Waals surface area contributed by atoms with Gasteiger partial charge in [-0.05, 0) is 12.1 Å². The van der Waals surface area contributed by atoms with E-state index >= 15 is 0 Å². The Labute approximate surface area is 87.0 Å². The molecule has 0 N–H and O–H groups in total. The second-order valence-electron chi connectivity index (χ2n) is 3.17. The predicted octanol–water partition coefficient (Wildman–Crippen LogP) is 1.17. The molecule has 0 radical (unpaired) electrons. The zero-order valence-corrected chi connectivity index (χ0v) is 8.25. The van der Waals surface area contributed by atoms with E-state index in [1.165, 1.54) is 10.4 Å². The number of hydrogen-bond acceptors (Lipinski definition) is 4. The molecule has 0 aliphatic heterocycles. The molecular formula is C10H9N5. The molecular weight excluding hydrogens is 190 g/mol. The normalized spacial score (nSPS) is 9.87. The summed E-state index contributed by atoms with van der Waals surface area (Å²) in [7, 11) is 0. The number of hydrogen-bond donors (Lipinski definition) is 0. The molecule has 2 aromatic rings. The lowest BCUT2D eigenvalue weighted by molar-refractivity contribution is 0.589. The van der Waals surface area contributed by atoms with E-state index in [1.807, 2.05) is 37.3 Å². The average molecular weight is 199 g/mol. The lowest BCUT2D eigenvalue weighted by atomic mass is 10.1. The maximum atomic E-state index is 8.46. The van der Waals surface area contributed by atoms with Gasteiger partial charge in [-0.1, -0.05) is 29.8 Å². The van der Waals surface area contributed by atoms with Crippen LogP contribution in [0.15, 0.2) is 24.3 Å². The second-order valence-corrected chi connectivity index (χ2v) is 3.17. The van der Waals surface area contributed by atoms with Gasteiger partial charge in [0.1, 0.15) is 6.54 Å². The molecule has 1 aromatic heterocycles. The van der Waals surface area contributed by atoms with Crippen LogP contribution in [0.3, 0.4) is 0 Å². The molecule has 0 amide bonds. The summed E-state index contributed by atoms with van der Waals surface area (Å²) in [5.74, 6) is 0.547. The molecule has 1 heterocycles. The van der Waals surface area contributed by atoms with Crippen LogP contribution in [0.1, 0.15) is 5.56 Å². The third-order valence-corrected chi connectivity index (χ3v) is 1.97. The van der Waals surface area contributed by atoms with Crippen molar-refractivity contribution in [2.75, 3.05) is 0 Å². The van der Waals surface area contributed by atoms with Gasteiger partial charge in [0.25, 0.3) is 0 Å². The number of benzene rings is 1. The maximum Gasteiger partial charge on any atom is 0.204 e. The van der Waals surface area contributed by atoms with Crippen LogP contribution in [-0.2, 0) is 6.54 Å². The van der Waals surface area contributed by atoms with Crippen LogP contribution < -0.4 is 0 Å². The van der Waals surface area contributed by atoms with Crippen molar-refractivity contribution in [2.45, 2.75) is 13.5 Å². The minimum Gasteiger partial charge on any atom is -0.196 e. The summed E-state index contributed by atoms with van der Waals surface area (Å²) < 4.78 is 0. The van der Waals surface area contributed by atoms with Crippen LogP contribution in [0.5, 0.6) is 0 Å². The monoisotopic (exact) mass is 199 g/mol. The van der Waals surface area contributed by atoms with Crippen LogP contribution in [0.4, 0.5) is 0 Å². The fourth-order valence-corrected chi connectivity index (χ4v) is 1.19. The smallest absolute Gasteiger partial charge is 0.196 e. The van der Waals surface area contributed by atoms with E-state index in [2.05, 4.69) is 15.4 Å². The van der Waals surface area contributed by atoms with Crippen molar-refractivity contribution in [1.29, 1.82) is 5.26 Å². The molecule has 5 nitrogen and oxygen atoms in total. The topological polar surface area (TPSA) is 67.4 Å². The van der Waals surface area contributed by atoms with Gasteiger partial charge in [0.15, 0.2) is 0 Å². The first kappa shape index (κ1) is 9.34. The fourth-order valence-electron chi connectivity index (χ4n) is 1.19. The lowest BCUT2D eigenvalue weighted by Crippen LogP contribution is -1.99. The molecule has 15 heavy (non-hydrogen) atoms. The highest BCUT2D eigenvalue weighted by atomic mass is 15.6. The number of nitrogens with zero attached hydrogens (tertiary/aromatic N) is 5. The van der Waals surface area contributed by atoms with Crippen molar-refractivity contribution < 1.29 is 0 Å². The largest absolute Gasteiger partial charge is 0.204 e. The molecule has 0 unspecified atom stereocenters. The third-order valence-electron chi connectivity index (χ3n) is 1.97. The van der Waals surface area contributed by atoms with Crippen LogP contribution in [0.2, 0.25) is 0 Å². The van der Waals surface area contributed by atoms with Gasteiger partial charge in [0.2, 0.25) is 5.82 Å². The molecule has 0 atom stereocenters. The summed E-state index contributed by atoms with van der Waals surface area (Å²) in [5, 5.41) is 20.2.